The molecule has 0 aliphatic carbocycles. The summed E-state index contributed by atoms with van der Waals surface area (Å²) in [7, 11) is 0. The average molecular weight is 256 g/mol. The highest BCUT2D eigenvalue weighted by atomic mass is 16.4. The van der Waals surface area contributed by atoms with Crippen LogP contribution >= 0.6 is 0 Å². The van der Waals surface area contributed by atoms with E-state index >= 15 is 0 Å². The van der Waals surface area contributed by atoms with Gasteiger partial charge in [-0.25, -0.2) is 0 Å². The number of hydrogen-bond acceptors (Lipinski definition) is 5. The van der Waals surface area contributed by atoms with Crippen LogP contribution < -0.4 is 5.32 Å². The van der Waals surface area contributed by atoms with Crippen molar-refractivity contribution in [2.24, 2.45) is 5.16 Å². The number of imide groups is 1. The molecule has 0 fully saturated rings. The summed E-state index contributed by atoms with van der Waals surface area (Å²) in [6.07, 6.45) is 1.16. The summed E-state index contributed by atoms with van der Waals surface area (Å²) in [5.74, 6) is 0.105. The molecule has 6 nitrogen and oxygen atoms in total. The second-order valence-corrected chi connectivity index (χ2v) is 3.99. The number of furan rings is 1. The monoisotopic (exact) mass is 256 g/mol. The average Bonchev–Trinajstić information content (AvgIpc) is 2.96. The molecule has 0 radical (unpaired) electrons. The Labute approximate surface area is 107 Å². The van der Waals surface area contributed by atoms with Gasteiger partial charge in [-0.2, -0.15) is 0 Å². The van der Waals surface area contributed by atoms with Gasteiger partial charge in [0, 0.05) is 5.56 Å². The minimum atomic E-state index is -0.412. The molecule has 94 valence electrons. The highest BCUT2D eigenvalue weighted by Crippen LogP contribution is 2.26. The topological polar surface area (TPSA) is 91.9 Å². The zero-order valence-corrected chi connectivity index (χ0v) is 9.58. The van der Waals surface area contributed by atoms with E-state index in [0.29, 0.717) is 28.2 Å². The van der Waals surface area contributed by atoms with Crippen molar-refractivity contribution in [3.63, 3.8) is 0 Å². The molecular weight excluding hydrogens is 248 g/mol. The summed E-state index contributed by atoms with van der Waals surface area (Å²) < 4.78 is 5.41. The van der Waals surface area contributed by atoms with E-state index in [1.807, 2.05) is 0 Å². The standard InChI is InChI=1S/C13H8N2O4/c16-12-9-3-1-7(5-10(9)13(17)15-12)11-4-2-8(19-11)6-14-18/h1-6,18H,(H,15,16,17)/b14-6-. The van der Waals surface area contributed by atoms with Crippen molar-refractivity contribution in [3.8, 4) is 11.3 Å². The third-order valence-electron chi connectivity index (χ3n) is 2.83. The second-order valence-electron chi connectivity index (χ2n) is 3.99. The summed E-state index contributed by atoms with van der Waals surface area (Å²) in [6, 6.07) is 8.18. The highest BCUT2D eigenvalue weighted by molar-refractivity contribution is 6.21. The van der Waals surface area contributed by atoms with Gasteiger partial charge in [-0.15, -0.1) is 0 Å². The number of nitrogens with one attached hydrogen (secondary N) is 1. The van der Waals surface area contributed by atoms with Crippen molar-refractivity contribution < 1.29 is 19.2 Å². The maximum Gasteiger partial charge on any atom is 0.258 e. The third-order valence-corrected chi connectivity index (χ3v) is 2.83. The maximum atomic E-state index is 11.6. The van der Waals surface area contributed by atoms with Gasteiger partial charge in [-0.3, -0.25) is 14.9 Å². The van der Waals surface area contributed by atoms with Gasteiger partial charge in [-0.1, -0.05) is 11.2 Å². The van der Waals surface area contributed by atoms with E-state index in [2.05, 4.69) is 10.5 Å². The van der Waals surface area contributed by atoms with Crippen molar-refractivity contribution in [1.82, 2.24) is 5.32 Å². The quantitative estimate of drug-likeness (QED) is 0.370. The van der Waals surface area contributed by atoms with Crippen molar-refractivity contribution >= 4 is 18.0 Å². The van der Waals surface area contributed by atoms with E-state index in [1.54, 1.807) is 30.3 Å². The molecule has 3 rings (SSSR count). The smallest absolute Gasteiger partial charge is 0.258 e. The number of carbonyl (C=O) groups is 2. The Balaban J connectivity index is 2.04. The van der Waals surface area contributed by atoms with Crippen LogP contribution in [0.1, 0.15) is 26.5 Å². The summed E-state index contributed by atoms with van der Waals surface area (Å²) in [6.45, 7) is 0. The van der Waals surface area contributed by atoms with Gasteiger partial charge in [0.1, 0.15) is 17.7 Å². The number of amides is 2. The summed E-state index contributed by atoms with van der Waals surface area (Å²) >= 11 is 0. The van der Waals surface area contributed by atoms with Gasteiger partial charge < -0.3 is 9.62 Å². The molecule has 1 aliphatic rings. The lowest BCUT2D eigenvalue weighted by Crippen LogP contribution is -2.19. The van der Waals surface area contributed by atoms with Crippen molar-refractivity contribution in [1.29, 1.82) is 0 Å². The number of nitrogens with zero attached hydrogens (tertiary/aromatic N) is 1. The van der Waals surface area contributed by atoms with Gasteiger partial charge in [0.25, 0.3) is 11.8 Å². The SMILES string of the molecule is O=C1NC(=O)c2cc(-c3ccc(/C=N\O)o3)ccc21. The van der Waals surface area contributed by atoms with Crippen LogP contribution in [0.5, 0.6) is 0 Å². The predicted octanol–water partition coefficient (Wildman–Crippen LogP) is 1.64. The molecule has 0 bridgehead atoms. The fourth-order valence-corrected chi connectivity index (χ4v) is 1.96. The highest BCUT2D eigenvalue weighted by Gasteiger charge is 2.27. The molecule has 1 aliphatic heterocycles. The first-order valence-corrected chi connectivity index (χ1v) is 5.46. The van der Waals surface area contributed by atoms with E-state index in [-0.39, 0.29) is 5.91 Å². The molecule has 0 spiro atoms. The van der Waals surface area contributed by atoms with Crippen molar-refractivity contribution in [3.05, 3.63) is 47.2 Å². The minimum absolute atomic E-state index is 0.330. The number of benzene rings is 1. The Morgan fingerprint density at radius 3 is 2.68 bits per heavy atom. The lowest BCUT2D eigenvalue weighted by molar-refractivity contribution is 0.0879. The summed E-state index contributed by atoms with van der Waals surface area (Å²) in [5, 5.41) is 13.5. The predicted molar refractivity (Wildman–Crippen MR) is 65.3 cm³/mol. The number of carbonyl (C=O) groups excluding carboxylic acids is 2. The molecule has 19 heavy (non-hydrogen) atoms. The Bertz CT molecular complexity index is 715. The van der Waals surface area contributed by atoms with E-state index < -0.39 is 5.91 Å². The number of rotatable bonds is 2. The van der Waals surface area contributed by atoms with E-state index in [9.17, 15) is 9.59 Å². The normalized spacial score (nSPS) is 13.9. The van der Waals surface area contributed by atoms with Gasteiger partial charge in [0.05, 0.1) is 11.1 Å². The van der Waals surface area contributed by atoms with Gasteiger partial charge in [0.15, 0.2) is 0 Å². The summed E-state index contributed by atoms with van der Waals surface area (Å²) in [4.78, 5) is 23.0. The number of oxime groups is 1. The van der Waals surface area contributed by atoms with Crippen LogP contribution in [-0.4, -0.2) is 23.2 Å². The molecule has 0 atom stereocenters. The third kappa shape index (κ3) is 1.79. The first kappa shape index (κ1) is 11.2. The van der Waals surface area contributed by atoms with Gasteiger partial charge in [-0.05, 0) is 24.3 Å². The van der Waals surface area contributed by atoms with Crippen molar-refractivity contribution in [2.75, 3.05) is 0 Å². The Morgan fingerprint density at radius 1 is 1.11 bits per heavy atom. The van der Waals surface area contributed by atoms with Crippen LogP contribution in [0, 0.1) is 0 Å². The first-order valence-electron chi connectivity index (χ1n) is 5.46. The molecule has 0 unspecified atom stereocenters. The molecule has 2 aromatic rings. The largest absolute Gasteiger partial charge is 0.455 e. The fourth-order valence-electron chi connectivity index (χ4n) is 1.96. The van der Waals surface area contributed by atoms with E-state index in [1.165, 1.54) is 0 Å². The zero-order chi connectivity index (χ0) is 13.4. The number of fused-ring (bicyclic) bond motifs is 1. The molecule has 1 aromatic carbocycles. The molecule has 2 N–H and O–H groups in total. The van der Waals surface area contributed by atoms with Crippen LogP contribution in [0.2, 0.25) is 0 Å². The minimum Gasteiger partial charge on any atom is -0.455 e. The van der Waals surface area contributed by atoms with Crippen LogP contribution in [-0.2, 0) is 0 Å². The molecule has 2 heterocycles. The number of hydrogen-bond donors (Lipinski definition) is 2. The Kier molecular flexibility index (Phi) is 2.42. The zero-order valence-electron chi connectivity index (χ0n) is 9.58. The van der Waals surface area contributed by atoms with Crippen LogP contribution in [0.25, 0.3) is 11.3 Å². The molecule has 0 saturated carbocycles. The van der Waals surface area contributed by atoms with Crippen molar-refractivity contribution in [2.45, 2.75) is 0 Å². The van der Waals surface area contributed by atoms with Crippen LogP contribution in [0.3, 0.4) is 0 Å². The van der Waals surface area contributed by atoms with Gasteiger partial charge in [0.2, 0.25) is 0 Å². The lowest BCUT2D eigenvalue weighted by Gasteiger charge is -1.99. The Hall–Kier alpha value is -2.89. The van der Waals surface area contributed by atoms with Gasteiger partial charge >= 0.3 is 0 Å². The van der Waals surface area contributed by atoms with Crippen LogP contribution in [0.15, 0.2) is 39.9 Å². The molecule has 2 amide bonds. The Morgan fingerprint density at radius 2 is 1.89 bits per heavy atom. The second kappa shape index (κ2) is 4.09. The maximum absolute atomic E-state index is 11.6. The molecular formula is C13H8N2O4. The lowest BCUT2D eigenvalue weighted by atomic mass is 10.0. The molecule has 6 heteroatoms. The summed E-state index contributed by atoms with van der Waals surface area (Å²) in [5.41, 5.74) is 1.36. The van der Waals surface area contributed by atoms with E-state index in [0.717, 1.165) is 6.21 Å². The van der Waals surface area contributed by atoms with E-state index in [4.69, 9.17) is 9.62 Å². The molecule has 0 saturated heterocycles. The fraction of sp³-hybridized carbons (Fsp3) is 0. The molecule has 1 aromatic heterocycles. The van der Waals surface area contributed by atoms with Crippen LogP contribution in [0.4, 0.5) is 0 Å². The first-order chi connectivity index (χ1) is 9.19.